The van der Waals surface area contributed by atoms with Gasteiger partial charge in [-0.3, -0.25) is 9.80 Å². The van der Waals surface area contributed by atoms with Gasteiger partial charge in [-0.25, -0.2) is 0 Å². The number of rotatable bonds is 4. The molecule has 1 fully saturated rings. The molecule has 22 heavy (non-hydrogen) atoms. The minimum Gasteiger partial charge on any atom is -0.337 e. The molecule has 1 saturated heterocycles. The maximum Gasteiger partial charge on any atom is 0.244 e. The molecule has 0 aliphatic carbocycles. The summed E-state index contributed by atoms with van der Waals surface area (Å²) in [5, 5.41) is 12.8. The maximum atomic E-state index is 8.74. The van der Waals surface area contributed by atoms with Crippen molar-refractivity contribution < 1.29 is 4.52 Å². The molecule has 114 valence electrons. The molecule has 0 N–H and O–H groups in total. The second kappa shape index (κ2) is 6.69. The van der Waals surface area contributed by atoms with E-state index in [1.54, 1.807) is 0 Å². The highest BCUT2D eigenvalue weighted by Gasteiger charge is 2.25. The molecular formula is C16H19N5O. The zero-order valence-electron chi connectivity index (χ0n) is 12.6. The molecule has 0 amide bonds. The topological polar surface area (TPSA) is 69.2 Å². The van der Waals surface area contributed by atoms with Gasteiger partial charge in [0.1, 0.15) is 0 Å². The van der Waals surface area contributed by atoms with Gasteiger partial charge in [0.05, 0.1) is 18.7 Å². The Morgan fingerprint density at radius 3 is 2.64 bits per heavy atom. The SMILES string of the molecule is C[C@@H](c1nc(-c2ccccc2)no1)N1CCN(CC#N)CC1. The van der Waals surface area contributed by atoms with Crippen molar-refractivity contribution in [2.75, 3.05) is 32.7 Å². The molecule has 3 rings (SSSR count). The molecule has 1 aliphatic heterocycles. The third-order valence-electron chi connectivity index (χ3n) is 4.08. The van der Waals surface area contributed by atoms with Gasteiger partial charge in [-0.2, -0.15) is 10.2 Å². The van der Waals surface area contributed by atoms with Crippen molar-refractivity contribution >= 4 is 0 Å². The average Bonchev–Trinajstić information content (AvgIpc) is 3.06. The van der Waals surface area contributed by atoms with Gasteiger partial charge < -0.3 is 4.52 Å². The number of aromatic nitrogens is 2. The first-order valence-corrected chi connectivity index (χ1v) is 7.50. The van der Waals surface area contributed by atoms with Crippen molar-refractivity contribution in [2.24, 2.45) is 0 Å². The summed E-state index contributed by atoms with van der Waals surface area (Å²) < 4.78 is 5.44. The molecule has 6 nitrogen and oxygen atoms in total. The van der Waals surface area contributed by atoms with Crippen molar-refractivity contribution in [1.82, 2.24) is 19.9 Å². The van der Waals surface area contributed by atoms with Crippen molar-refractivity contribution in [3.8, 4) is 17.5 Å². The molecule has 0 saturated carbocycles. The second-order valence-corrected chi connectivity index (χ2v) is 5.47. The van der Waals surface area contributed by atoms with E-state index in [9.17, 15) is 0 Å². The second-order valence-electron chi connectivity index (χ2n) is 5.47. The summed E-state index contributed by atoms with van der Waals surface area (Å²) in [4.78, 5) is 9.00. The van der Waals surface area contributed by atoms with E-state index in [1.807, 2.05) is 30.3 Å². The predicted molar refractivity (Wildman–Crippen MR) is 81.8 cm³/mol. The van der Waals surface area contributed by atoms with Crippen LogP contribution in [0, 0.1) is 11.3 Å². The Morgan fingerprint density at radius 1 is 1.23 bits per heavy atom. The lowest BCUT2D eigenvalue weighted by Crippen LogP contribution is -2.47. The van der Waals surface area contributed by atoms with Crippen LogP contribution in [-0.4, -0.2) is 52.7 Å². The molecule has 0 spiro atoms. The van der Waals surface area contributed by atoms with Crippen molar-refractivity contribution in [1.29, 1.82) is 5.26 Å². The Morgan fingerprint density at radius 2 is 1.95 bits per heavy atom. The fourth-order valence-corrected chi connectivity index (χ4v) is 2.67. The average molecular weight is 297 g/mol. The van der Waals surface area contributed by atoms with E-state index < -0.39 is 0 Å². The van der Waals surface area contributed by atoms with E-state index in [0.29, 0.717) is 18.3 Å². The van der Waals surface area contributed by atoms with Crippen LogP contribution in [0.3, 0.4) is 0 Å². The first-order valence-electron chi connectivity index (χ1n) is 7.50. The lowest BCUT2D eigenvalue weighted by molar-refractivity contribution is 0.0955. The van der Waals surface area contributed by atoms with E-state index >= 15 is 0 Å². The number of benzene rings is 1. The number of nitriles is 1. The van der Waals surface area contributed by atoms with Crippen LogP contribution in [0.2, 0.25) is 0 Å². The number of hydrogen-bond donors (Lipinski definition) is 0. The minimum absolute atomic E-state index is 0.0918. The summed E-state index contributed by atoms with van der Waals surface area (Å²) in [6, 6.07) is 12.1. The minimum atomic E-state index is 0.0918. The summed E-state index contributed by atoms with van der Waals surface area (Å²) in [5.41, 5.74) is 0.962. The van der Waals surface area contributed by atoms with Crippen molar-refractivity contribution in [3.05, 3.63) is 36.2 Å². The van der Waals surface area contributed by atoms with Gasteiger partial charge in [-0.1, -0.05) is 35.5 Å². The summed E-state index contributed by atoms with van der Waals surface area (Å²) in [6.07, 6.45) is 0. The molecule has 0 unspecified atom stereocenters. The third-order valence-corrected chi connectivity index (χ3v) is 4.08. The third kappa shape index (κ3) is 3.16. The van der Waals surface area contributed by atoms with E-state index in [4.69, 9.17) is 9.78 Å². The smallest absolute Gasteiger partial charge is 0.244 e. The summed E-state index contributed by atoms with van der Waals surface area (Å²) in [6.45, 7) is 6.20. The van der Waals surface area contributed by atoms with Crippen molar-refractivity contribution in [3.63, 3.8) is 0 Å². The van der Waals surface area contributed by atoms with E-state index in [-0.39, 0.29) is 6.04 Å². The Bertz CT molecular complexity index is 640. The lowest BCUT2D eigenvalue weighted by atomic mass is 10.2. The first-order chi connectivity index (χ1) is 10.8. The van der Waals surface area contributed by atoms with Crippen LogP contribution >= 0.6 is 0 Å². The summed E-state index contributed by atoms with van der Waals surface area (Å²) in [5.74, 6) is 1.28. The number of piperazine rings is 1. The van der Waals surface area contributed by atoms with Gasteiger partial charge in [0, 0.05) is 31.7 Å². The Kier molecular flexibility index (Phi) is 4.47. The van der Waals surface area contributed by atoms with Crippen LogP contribution in [0.25, 0.3) is 11.4 Å². The van der Waals surface area contributed by atoms with Gasteiger partial charge in [0.15, 0.2) is 0 Å². The van der Waals surface area contributed by atoms with Crippen LogP contribution < -0.4 is 0 Å². The van der Waals surface area contributed by atoms with Crippen LogP contribution in [0.15, 0.2) is 34.9 Å². The highest BCUT2D eigenvalue weighted by atomic mass is 16.5. The zero-order chi connectivity index (χ0) is 15.4. The van der Waals surface area contributed by atoms with E-state index in [0.717, 1.165) is 31.7 Å². The van der Waals surface area contributed by atoms with E-state index in [1.165, 1.54) is 0 Å². The van der Waals surface area contributed by atoms with Gasteiger partial charge in [-0.15, -0.1) is 0 Å². The highest BCUT2D eigenvalue weighted by Crippen LogP contribution is 2.23. The fourth-order valence-electron chi connectivity index (χ4n) is 2.67. The Balaban J connectivity index is 1.65. The maximum absolute atomic E-state index is 8.74. The van der Waals surface area contributed by atoms with Gasteiger partial charge in [0.2, 0.25) is 11.7 Å². The molecule has 0 bridgehead atoms. The number of nitrogens with zero attached hydrogens (tertiary/aromatic N) is 5. The standard InChI is InChI=1S/C16H19N5O/c1-13(21-11-9-20(8-7-17)10-12-21)16-18-15(19-22-16)14-5-3-2-4-6-14/h2-6,13H,8-12H2,1H3/t13-/m0/s1. The molecule has 2 aromatic rings. The largest absolute Gasteiger partial charge is 0.337 e. The molecule has 1 aromatic carbocycles. The first kappa shape index (κ1) is 14.7. The van der Waals surface area contributed by atoms with E-state index in [2.05, 4.69) is 32.9 Å². The monoisotopic (exact) mass is 297 g/mol. The molecular weight excluding hydrogens is 278 g/mol. The van der Waals surface area contributed by atoms with Crippen molar-refractivity contribution in [2.45, 2.75) is 13.0 Å². The van der Waals surface area contributed by atoms with Crippen LogP contribution in [0.1, 0.15) is 18.9 Å². The van der Waals surface area contributed by atoms with Crippen LogP contribution in [0.4, 0.5) is 0 Å². The number of hydrogen-bond acceptors (Lipinski definition) is 6. The fraction of sp³-hybridized carbons (Fsp3) is 0.438. The van der Waals surface area contributed by atoms with Crippen LogP contribution in [-0.2, 0) is 0 Å². The predicted octanol–water partition coefficient (Wildman–Crippen LogP) is 1.94. The van der Waals surface area contributed by atoms with Gasteiger partial charge in [0.25, 0.3) is 0 Å². The molecule has 1 aliphatic rings. The van der Waals surface area contributed by atoms with Crippen LogP contribution in [0.5, 0.6) is 0 Å². The molecule has 1 aromatic heterocycles. The Hall–Kier alpha value is -2.23. The zero-order valence-corrected chi connectivity index (χ0v) is 12.6. The summed E-state index contributed by atoms with van der Waals surface area (Å²) >= 11 is 0. The summed E-state index contributed by atoms with van der Waals surface area (Å²) in [7, 11) is 0. The van der Waals surface area contributed by atoms with Gasteiger partial charge >= 0.3 is 0 Å². The highest BCUT2D eigenvalue weighted by molar-refractivity contribution is 5.53. The normalized spacial score (nSPS) is 18.0. The molecule has 6 heteroatoms. The molecule has 0 radical (unpaired) electrons. The van der Waals surface area contributed by atoms with Gasteiger partial charge in [-0.05, 0) is 6.92 Å². The quantitative estimate of drug-likeness (QED) is 0.803. The molecule has 2 heterocycles. The lowest BCUT2D eigenvalue weighted by Gasteiger charge is -2.35. The Labute approximate surface area is 129 Å². The molecule has 1 atom stereocenters.